The lowest BCUT2D eigenvalue weighted by molar-refractivity contribution is 0.0675. The van der Waals surface area contributed by atoms with Gasteiger partial charge in [0.05, 0.1) is 6.04 Å². The maximum Gasteiger partial charge on any atom is 0.130 e. The molecule has 0 heterocycles. The van der Waals surface area contributed by atoms with Gasteiger partial charge in [0, 0.05) is 11.1 Å². The summed E-state index contributed by atoms with van der Waals surface area (Å²) in [5, 5.41) is 3.30. The fourth-order valence-corrected chi connectivity index (χ4v) is 3.18. The van der Waals surface area contributed by atoms with Crippen molar-refractivity contribution in [3.05, 3.63) is 35.4 Å². The van der Waals surface area contributed by atoms with Crippen molar-refractivity contribution < 1.29 is 8.78 Å². The molecule has 120 valence electrons. The van der Waals surface area contributed by atoms with Gasteiger partial charge in [-0.1, -0.05) is 33.8 Å². The molecule has 0 aliphatic rings. The Morgan fingerprint density at radius 1 is 1.10 bits per heavy atom. The predicted molar refractivity (Wildman–Crippen MR) is 84.4 cm³/mol. The number of benzene rings is 1. The second-order valence-corrected chi connectivity index (χ2v) is 5.51. The highest BCUT2D eigenvalue weighted by Gasteiger charge is 2.40. The summed E-state index contributed by atoms with van der Waals surface area (Å²) >= 11 is 0. The van der Waals surface area contributed by atoms with Crippen LogP contribution >= 0.6 is 0 Å². The molecule has 0 spiro atoms. The maximum atomic E-state index is 14.3. The van der Waals surface area contributed by atoms with Crippen molar-refractivity contribution in [3.8, 4) is 0 Å². The summed E-state index contributed by atoms with van der Waals surface area (Å²) in [5.74, 6) is -0.958. The Morgan fingerprint density at radius 3 is 2.00 bits per heavy atom. The van der Waals surface area contributed by atoms with Crippen LogP contribution in [0, 0.1) is 11.6 Å². The Morgan fingerprint density at radius 2 is 1.62 bits per heavy atom. The van der Waals surface area contributed by atoms with Crippen molar-refractivity contribution in [2.24, 2.45) is 0 Å². The van der Waals surface area contributed by atoms with E-state index < -0.39 is 11.6 Å². The van der Waals surface area contributed by atoms with Crippen molar-refractivity contribution in [1.29, 1.82) is 0 Å². The first kappa shape index (κ1) is 18.1. The van der Waals surface area contributed by atoms with Gasteiger partial charge in [-0.15, -0.1) is 0 Å². The van der Waals surface area contributed by atoms with Crippen molar-refractivity contribution in [2.45, 2.75) is 52.6 Å². The third-order valence-electron chi connectivity index (χ3n) is 4.52. The first-order chi connectivity index (χ1) is 9.96. The zero-order valence-electron chi connectivity index (χ0n) is 13.8. The smallest absolute Gasteiger partial charge is 0.130 e. The fraction of sp³-hybridized carbons (Fsp3) is 0.647. The number of likely N-dealkylation sites (N-methyl/N-ethyl adjacent to an activating group) is 2. The number of nitrogens with one attached hydrogen (secondary N) is 1. The minimum absolute atomic E-state index is 0.149. The molecule has 0 fully saturated rings. The van der Waals surface area contributed by atoms with Crippen LogP contribution in [0.25, 0.3) is 0 Å². The van der Waals surface area contributed by atoms with Gasteiger partial charge in [0.15, 0.2) is 0 Å². The first-order valence-corrected chi connectivity index (χ1v) is 7.88. The zero-order valence-corrected chi connectivity index (χ0v) is 13.8. The average Bonchev–Trinajstić information content (AvgIpc) is 2.47. The number of halogens is 2. The molecule has 2 nitrogen and oxygen atoms in total. The van der Waals surface area contributed by atoms with Crippen molar-refractivity contribution in [1.82, 2.24) is 10.2 Å². The van der Waals surface area contributed by atoms with Crippen molar-refractivity contribution in [3.63, 3.8) is 0 Å². The molecule has 1 aromatic carbocycles. The second-order valence-electron chi connectivity index (χ2n) is 5.51. The molecule has 0 amide bonds. The van der Waals surface area contributed by atoms with Crippen LogP contribution in [0.5, 0.6) is 0 Å². The first-order valence-electron chi connectivity index (χ1n) is 7.88. The van der Waals surface area contributed by atoms with E-state index >= 15 is 0 Å². The van der Waals surface area contributed by atoms with Crippen LogP contribution in [0.4, 0.5) is 8.78 Å². The molecule has 0 radical (unpaired) electrons. The summed E-state index contributed by atoms with van der Waals surface area (Å²) < 4.78 is 28.5. The molecule has 2 unspecified atom stereocenters. The predicted octanol–water partition coefficient (Wildman–Crippen LogP) is 4.13. The summed E-state index contributed by atoms with van der Waals surface area (Å²) in [4.78, 5) is 2.27. The third-order valence-corrected chi connectivity index (χ3v) is 4.52. The van der Waals surface area contributed by atoms with Gasteiger partial charge in [-0.25, -0.2) is 8.78 Å². The number of hydrogen-bond acceptors (Lipinski definition) is 2. The summed E-state index contributed by atoms with van der Waals surface area (Å²) in [5.41, 5.74) is -0.196. The Labute approximate surface area is 127 Å². The Balaban J connectivity index is 3.39. The van der Waals surface area contributed by atoms with E-state index in [2.05, 4.69) is 37.9 Å². The molecule has 4 heteroatoms. The Bertz CT molecular complexity index is 426. The van der Waals surface area contributed by atoms with Crippen LogP contribution < -0.4 is 5.32 Å². The van der Waals surface area contributed by atoms with Gasteiger partial charge in [0.2, 0.25) is 0 Å². The number of hydrogen-bond donors (Lipinski definition) is 1. The third kappa shape index (κ3) is 3.61. The normalized spacial score (nSPS) is 16.0. The highest BCUT2D eigenvalue weighted by Crippen LogP contribution is 2.36. The Hall–Kier alpha value is -1.00. The number of rotatable bonds is 8. The summed E-state index contributed by atoms with van der Waals surface area (Å²) in [6, 6.07) is 3.70. The SMILES string of the molecule is CCNC(c1c(F)cccc1F)C(C)(CC)N(CC)CC. The van der Waals surface area contributed by atoms with Gasteiger partial charge in [-0.3, -0.25) is 4.90 Å². The molecule has 0 saturated heterocycles. The van der Waals surface area contributed by atoms with E-state index in [1.165, 1.54) is 18.2 Å². The highest BCUT2D eigenvalue weighted by molar-refractivity contribution is 5.27. The molecule has 1 N–H and O–H groups in total. The van der Waals surface area contributed by atoms with E-state index in [0.717, 1.165) is 19.5 Å². The van der Waals surface area contributed by atoms with E-state index in [4.69, 9.17) is 0 Å². The molecule has 1 rings (SSSR count). The fourth-order valence-electron chi connectivity index (χ4n) is 3.18. The van der Waals surface area contributed by atoms with Crippen LogP contribution in [-0.4, -0.2) is 30.1 Å². The van der Waals surface area contributed by atoms with E-state index in [1.54, 1.807) is 0 Å². The maximum absolute atomic E-state index is 14.3. The molecule has 21 heavy (non-hydrogen) atoms. The van der Waals surface area contributed by atoms with Gasteiger partial charge < -0.3 is 5.32 Å². The highest BCUT2D eigenvalue weighted by atomic mass is 19.1. The minimum Gasteiger partial charge on any atom is -0.308 e. The van der Waals surface area contributed by atoms with E-state index in [1.807, 2.05) is 6.92 Å². The van der Waals surface area contributed by atoms with Gasteiger partial charge in [0.25, 0.3) is 0 Å². The molecule has 0 aliphatic heterocycles. The van der Waals surface area contributed by atoms with Crippen LogP contribution in [-0.2, 0) is 0 Å². The standard InChI is InChI=1S/C17H28F2N2/c1-6-17(5,21(8-3)9-4)16(20-7-2)15-13(18)11-10-12-14(15)19/h10-12,16,20H,6-9H2,1-5H3. The molecule has 0 aliphatic carbocycles. The van der Waals surface area contributed by atoms with E-state index in [9.17, 15) is 8.78 Å². The minimum atomic E-state index is -0.479. The van der Waals surface area contributed by atoms with E-state index in [-0.39, 0.29) is 17.1 Å². The van der Waals surface area contributed by atoms with Crippen LogP contribution in [0.1, 0.15) is 52.6 Å². The molecular weight excluding hydrogens is 270 g/mol. The van der Waals surface area contributed by atoms with E-state index in [0.29, 0.717) is 6.54 Å². The van der Waals surface area contributed by atoms with Crippen LogP contribution in [0.15, 0.2) is 18.2 Å². The zero-order chi connectivity index (χ0) is 16.0. The van der Waals surface area contributed by atoms with Crippen molar-refractivity contribution >= 4 is 0 Å². The van der Waals surface area contributed by atoms with Crippen LogP contribution in [0.3, 0.4) is 0 Å². The molecule has 1 aromatic rings. The topological polar surface area (TPSA) is 15.3 Å². The van der Waals surface area contributed by atoms with Gasteiger partial charge in [-0.2, -0.15) is 0 Å². The average molecular weight is 298 g/mol. The molecule has 0 aromatic heterocycles. The van der Waals surface area contributed by atoms with Gasteiger partial charge >= 0.3 is 0 Å². The second kappa shape index (κ2) is 7.85. The van der Waals surface area contributed by atoms with Crippen LogP contribution in [0.2, 0.25) is 0 Å². The largest absolute Gasteiger partial charge is 0.308 e. The number of nitrogens with zero attached hydrogens (tertiary/aromatic N) is 1. The summed E-state index contributed by atoms with van der Waals surface area (Å²) in [6.07, 6.45) is 0.806. The molecule has 0 saturated carbocycles. The molecule has 2 atom stereocenters. The quantitative estimate of drug-likeness (QED) is 0.776. The lowest BCUT2D eigenvalue weighted by atomic mass is 9.82. The van der Waals surface area contributed by atoms with Gasteiger partial charge in [0.1, 0.15) is 11.6 Å². The Kier molecular flexibility index (Phi) is 6.75. The lowest BCUT2D eigenvalue weighted by Crippen LogP contribution is -2.54. The van der Waals surface area contributed by atoms with Gasteiger partial charge in [-0.05, 0) is 45.1 Å². The molecule has 0 bridgehead atoms. The summed E-state index contributed by atoms with van der Waals surface area (Å²) in [6.45, 7) is 12.6. The molecular formula is C17H28F2N2. The lowest BCUT2D eigenvalue weighted by Gasteiger charge is -2.46. The monoisotopic (exact) mass is 298 g/mol. The van der Waals surface area contributed by atoms with Crippen molar-refractivity contribution in [2.75, 3.05) is 19.6 Å². The summed E-state index contributed by atoms with van der Waals surface area (Å²) in [7, 11) is 0.